The molecule has 1 aliphatic rings. The van der Waals surface area contributed by atoms with Gasteiger partial charge in [-0.2, -0.15) is 0 Å². The first-order valence-corrected chi connectivity index (χ1v) is 4.96. The van der Waals surface area contributed by atoms with Crippen LogP contribution >= 0.6 is 0 Å². The number of carboxylic acids is 1. The number of nitrogens with zero attached hydrogens (tertiary/aromatic N) is 1. The van der Waals surface area contributed by atoms with Crippen LogP contribution in [0.25, 0.3) is 0 Å². The Bertz CT molecular complexity index is 465. The van der Waals surface area contributed by atoms with Gasteiger partial charge in [0.2, 0.25) is 0 Å². The standard InChI is InChI=1S/C10H12N2O5/c1-12(2)3-6-9(13)11-5-4-16-8(10(14)15)7(5)17-6/h4,6H,3H2,1-2H3,(H,11,13)(H,14,15). The summed E-state index contributed by atoms with van der Waals surface area (Å²) in [4.78, 5) is 24.2. The molecular formula is C10H12N2O5. The van der Waals surface area contributed by atoms with Crippen molar-refractivity contribution in [3.8, 4) is 5.75 Å². The van der Waals surface area contributed by atoms with Gasteiger partial charge in [-0.3, -0.25) is 4.79 Å². The molecule has 0 aliphatic carbocycles. The summed E-state index contributed by atoms with van der Waals surface area (Å²) in [6.45, 7) is 0.357. The molecule has 7 heteroatoms. The second-order valence-corrected chi connectivity index (χ2v) is 3.97. The van der Waals surface area contributed by atoms with E-state index >= 15 is 0 Å². The molecule has 0 saturated heterocycles. The number of amides is 1. The highest BCUT2D eigenvalue weighted by Crippen LogP contribution is 2.35. The van der Waals surface area contributed by atoms with Crippen molar-refractivity contribution in [2.75, 3.05) is 26.0 Å². The molecular weight excluding hydrogens is 228 g/mol. The third-order valence-electron chi connectivity index (χ3n) is 2.28. The lowest BCUT2D eigenvalue weighted by molar-refractivity contribution is -0.124. The first-order valence-electron chi connectivity index (χ1n) is 4.96. The Morgan fingerprint density at radius 1 is 1.59 bits per heavy atom. The van der Waals surface area contributed by atoms with Crippen LogP contribution in [0.1, 0.15) is 10.6 Å². The quantitative estimate of drug-likeness (QED) is 0.786. The molecule has 0 bridgehead atoms. The number of carbonyl (C=O) groups excluding carboxylic acids is 1. The zero-order chi connectivity index (χ0) is 12.6. The fourth-order valence-electron chi connectivity index (χ4n) is 1.56. The van der Waals surface area contributed by atoms with Gasteiger partial charge in [0.15, 0.2) is 11.9 Å². The van der Waals surface area contributed by atoms with Crippen LogP contribution in [0.4, 0.5) is 5.69 Å². The first-order chi connectivity index (χ1) is 7.99. The van der Waals surface area contributed by atoms with Crippen LogP contribution in [0, 0.1) is 0 Å². The second-order valence-electron chi connectivity index (χ2n) is 3.97. The molecule has 7 nitrogen and oxygen atoms in total. The van der Waals surface area contributed by atoms with Crippen LogP contribution < -0.4 is 10.1 Å². The molecule has 17 heavy (non-hydrogen) atoms. The maximum atomic E-state index is 11.6. The number of furan rings is 1. The van der Waals surface area contributed by atoms with E-state index in [4.69, 9.17) is 14.3 Å². The Morgan fingerprint density at radius 3 is 2.88 bits per heavy atom. The molecule has 1 aromatic rings. The number of aromatic carboxylic acids is 1. The maximum Gasteiger partial charge on any atom is 0.375 e. The minimum absolute atomic E-state index is 0.0731. The Balaban J connectivity index is 2.28. The molecule has 0 aromatic carbocycles. The van der Waals surface area contributed by atoms with Gasteiger partial charge in [-0.1, -0.05) is 0 Å². The third-order valence-corrected chi connectivity index (χ3v) is 2.28. The molecule has 0 spiro atoms. The molecule has 92 valence electrons. The average molecular weight is 240 g/mol. The van der Waals surface area contributed by atoms with E-state index in [0.29, 0.717) is 6.54 Å². The van der Waals surface area contributed by atoms with Crippen molar-refractivity contribution >= 4 is 17.6 Å². The van der Waals surface area contributed by atoms with E-state index in [9.17, 15) is 9.59 Å². The summed E-state index contributed by atoms with van der Waals surface area (Å²) < 4.78 is 10.2. The fraction of sp³-hybridized carbons (Fsp3) is 0.400. The molecule has 2 N–H and O–H groups in total. The zero-order valence-electron chi connectivity index (χ0n) is 9.39. The van der Waals surface area contributed by atoms with Crippen molar-refractivity contribution in [1.82, 2.24) is 4.90 Å². The van der Waals surface area contributed by atoms with Crippen molar-refractivity contribution in [2.45, 2.75) is 6.10 Å². The monoisotopic (exact) mass is 240 g/mol. The first kappa shape index (κ1) is 11.5. The number of hydrogen-bond donors (Lipinski definition) is 2. The number of carboxylic acid groups (broad SMARTS) is 1. The van der Waals surface area contributed by atoms with Gasteiger partial charge in [0, 0.05) is 6.54 Å². The highest BCUT2D eigenvalue weighted by Gasteiger charge is 2.33. The maximum absolute atomic E-state index is 11.6. The summed E-state index contributed by atoms with van der Waals surface area (Å²) >= 11 is 0. The van der Waals surface area contributed by atoms with Crippen LogP contribution in [0.15, 0.2) is 10.7 Å². The molecule has 2 rings (SSSR count). The largest absolute Gasteiger partial charge is 0.475 e. The Labute approximate surface area is 97.0 Å². The van der Waals surface area contributed by atoms with Crippen LogP contribution in [-0.2, 0) is 4.79 Å². The fourth-order valence-corrected chi connectivity index (χ4v) is 1.56. The van der Waals surface area contributed by atoms with Gasteiger partial charge in [-0.25, -0.2) is 4.79 Å². The number of likely N-dealkylation sites (N-methyl/N-ethyl adjacent to an activating group) is 1. The highest BCUT2D eigenvalue weighted by atomic mass is 16.5. The van der Waals surface area contributed by atoms with Gasteiger partial charge in [-0.05, 0) is 14.1 Å². The Hall–Kier alpha value is -2.02. The van der Waals surface area contributed by atoms with E-state index in [0.717, 1.165) is 6.26 Å². The van der Waals surface area contributed by atoms with E-state index < -0.39 is 12.1 Å². The molecule has 1 atom stereocenters. The summed E-state index contributed by atoms with van der Waals surface area (Å²) in [5.41, 5.74) is 0.252. The molecule has 0 saturated carbocycles. The van der Waals surface area contributed by atoms with Crippen LogP contribution in [0.2, 0.25) is 0 Å². The summed E-state index contributed by atoms with van der Waals surface area (Å²) in [6, 6.07) is 0. The summed E-state index contributed by atoms with van der Waals surface area (Å²) in [6.07, 6.45) is 0.413. The molecule has 1 amide bonds. The summed E-state index contributed by atoms with van der Waals surface area (Å²) in [7, 11) is 3.58. The lowest BCUT2D eigenvalue weighted by atomic mass is 10.2. The van der Waals surface area contributed by atoms with Crippen molar-refractivity contribution < 1.29 is 23.8 Å². The number of fused-ring (bicyclic) bond motifs is 1. The minimum Gasteiger partial charge on any atom is -0.475 e. The molecule has 1 aliphatic heterocycles. The third kappa shape index (κ3) is 2.09. The lowest BCUT2D eigenvalue weighted by Gasteiger charge is -2.25. The lowest BCUT2D eigenvalue weighted by Crippen LogP contribution is -2.43. The number of rotatable bonds is 3. The van der Waals surface area contributed by atoms with Crippen molar-refractivity contribution in [3.63, 3.8) is 0 Å². The Kier molecular flexibility index (Phi) is 2.76. The molecule has 1 aromatic heterocycles. The predicted molar refractivity (Wildman–Crippen MR) is 57.3 cm³/mol. The smallest absolute Gasteiger partial charge is 0.375 e. The molecule has 0 radical (unpaired) electrons. The van der Waals surface area contributed by atoms with E-state index in [1.807, 2.05) is 0 Å². The van der Waals surface area contributed by atoms with E-state index in [1.165, 1.54) is 0 Å². The average Bonchev–Trinajstić information content (AvgIpc) is 2.60. The van der Waals surface area contributed by atoms with Gasteiger partial charge in [-0.15, -0.1) is 0 Å². The van der Waals surface area contributed by atoms with Crippen LogP contribution in [-0.4, -0.2) is 48.6 Å². The van der Waals surface area contributed by atoms with Gasteiger partial charge in [0.1, 0.15) is 12.0 Å². The van der Waals surface area contributed by atoms with Gasteiger partial charge >= 0.3 is 5.97 Å². The zero-order valence-corrected chi connectivity index (χ0v) is 9.39. The number of anilines is 1. The number of hydrogen-bond acceptors (Lipinski definition) is 5. The van der Waals surface area contributed by atoms with Crippen LogP contribution in [0.3, 0.4) is 0 Å². The predicted octanol–water partition coefficient (Wildman–Crippen LogP) is 0.239. The normalized spacial score (nSPS) is 18.5. The van der Waals surface area contributed by atoms with Gasteiger partial charge < -0.3 is 24.5 Å². The molecule has 0 fully saturated rings. The van der Waals surface area contributed by atoms with Crippen molar-refractivity contribution in [2.24, 2.45) is 0 Å². The van der Waals surface area contributed by atoms with E-state index in [-0.39, 0.29) is 23.1 Å². The number of nitrogens with one attached hydrogen (secondary N) is 1. The minimum atomic E-state index is -1.23. The second kappa shape index (κ2) is 4.10. The van der Waals surface area contributed by atoms with Gasteiger partial charge in [0.05, 0.1) is 0 Å². The van der Waals surface area contributed by atoms with Crippen molar-refractivity contribution in [1.29, 1.82) is 0 Å². The number of carbonyl (C=O) groups is 2. The van der Waals surface area contributed by atoms with E-state index in [2.05, 4.69) is 5.32 Å². The highest BCUT2D eigenvalue weighted by molar-refractivity contribution is 6.01. The number of ether oxygens (including phenoxy) is 1. The van der Waals surface area contributed by atoms with Gasteiger partial charge in [0.25, 0.3) is 11.7 Å². The Morgan fingerprint density at radius 2 is 2.29 bits per heavy atom. The summed E-state index contributed by atoms with van der Waals surface area (Å²) in [5.74, 6) is -1.78. The van der Waals surface area contributed by atoms with E-state index in [1.54, 1.807) is 19.0 Å². The molecule has 1 unspecified atom stereocenters. The SMILES string of the molecule is CN(C)CC1Oc2c(coc2C(=O)O)NC1=O. The summed E-state index contributed by atoms with van der Waals surface area (Å²) in [5, 5.41) is 11.4. The molecule has 2 heterocycles. The topological polar surface area (TPSA) is 92.0 Å². The van der Waals surface area contributed by atoms with Crippen LogP contribution in [0.5, 0.6) is 5.75 Å². The van der Waals surface area contributed by atoms with Crippen molar-refractivity contribution in [3.05, 3.63) is 12.0 Å².